The van der Waals surface area contributed by atoms with Gasteiger partial charge in [0, 0.05) is 0 Å². The van der Waals surface area contributed by atoms with Crippen molar-refractivity contribution in [3.63, 3.8) is 0 Å². The molecule has 0 saturated carbocycles. The fourth-order valence-corrected chi connectivity index (χ4v) is 0.582. The molecule has 4 N–H and O–H groups in total. The van der Waals surface area contributed by atoms with Crippen LogP contribution >= 0.6 is 0 Å². The third kappa shape index (κ3) is 2.82. The number of aliphatic hydroxyl groups excluding tert-OH is 4. The van der Waals surface area contributed by atoms with Crippen LogP contribution in [0.5, 0.6) is 0 Å². The average molecular weight is 182 g/mol. The fraction of sp³-hybridized carbons (Fsp3) is 0.833. The molecule has 0 aromatic carbocycles. The molecule has 0 aliphatic heterocycles. The van der Waals surface area contributed by atoms with Gasteiger partial charge in [0.05, 0.1) is 6.61 Å². The smallest absolute Gasteiger partial charge is 0.189 e. The van der Waals surface area contributed by atoms with Crippen LogP contribution in [0.1, 0.15) is 0 Å². The second kappa shape index (κ2) is 5.15. The largest absolute Gasteiger partial charge is 0.394 e. The fourth-order valence-electron chi connectivity index (χ4n) is 0.582. The number of halogens is 1. The van der Waals surface area contributed by atoms with E-state index in [4.69, 9.17) is 20.4 Å². The second-order valence-electron chi connectivity index (χ2n) is 2.26. The van der Waals surface area contributed by atoms with E-state index in [9.17, 15) is 9.18 Å². The van der Waals surface area contributed by atoms with Gasteiger partial charge < -0.3 is 20.4 Å². The van der Waals surface area contributed by atoms with E-state index < -0.39 is 37.4 Å². The summed E-state index contributed by atoms with van der Waals surface area (Å²) in [4.78, 5) is 10.4. The molecule has 0 spiro atoms. The topological polar surface area (TPSA) is 98.0 Å². The lowest BCUT2D eigenvalue weighted by molar-refractivity contribution is -0.137. The molecular weight excluding hydrogens is 171 g/mol. The molecule has 0 radical (unpaired) electrons. The van der Waals surface area contributed by atoms with Crippen LogP contribution in [-0.4, -0.2) is 57.8 Å². The minimum absolute atomic E-state index is 0.892. The number of carbonyl (C=O) groups excluding carboxylic acids is 1. The van der Waals surface area contributed by atoms with E-state index in [2.05, 4.69) is 0 Å². The summed E-state index contributed by atoms with van der Waals surface area (Å²) >= 11 is 0. The van der Waals surface area contributed by atoms with Crippen molar-refractivity contribution in [1.29, 1.82) is 0 Å². The molecule has 0 saturated heterocycles. The van der Waals surface area contributed by atoms with Crippen LogP contribution < -0.4 is 0 Å². The molecule has 0 heterocycles. The first-order valence-corrected chi connectivity index (χ1v) is 3.29. The van der Waals surface area contributed by atoms with Crippen molar-refractivity contribution in [2.75, 3.05) is 13.2 Å². The van der Waals surface area contributed by atoms with Gasteiger partial charge in [0.2, 0.25) is 0 Å². The molecule has 0 aromatic rings. The van der Waals surface area contributed by atoms with Crippen LogP contribution in [0, 0.1) is 0 Å². The summed E-state index contributed by atoms with van der Waals surface area (Å²) < 4.78 is 12.6. The monoisotopic (exact) mass is 182 g/mol. The maximum Gasteiger partial charge on any atom is 0.189 e. The van der Waals surface area contributed by atoms with Gasteiger partial charge in [-0.15, -0.1) is 0 Å². The van der Waals surface area contributed by atoms with E-state index in [0.29, 0.717) is 0 Å². The molecule has 0 fully saturated rings. The summed E-state index contributed by atoms with van der Waals surface area (Å²) in [5.74, 6) is -1.13. The van der Waals surface area contributed by atoms with Gasteiger partial charge in [-0.2, -0.15) is 0 Å². The van der Waals surface area contributed by atoms with Crippen molar-refractivity contribution in [3.8, 4) is 0 Å². The first-order chi connectivity index (χ1) is 5.54. The van der Waals surface area contributed by atoms with Gasteiger partial charge in [-0.3, -0.25) is 4.79 Å². The minimum atomic E-state index is -2.27. The van der Waals surface area contributed by atoms with Gasteiger partial charge in [0.25, 0.3) is 0 Å². The Morgan fingerprint density at radius 1 is 1.33 bits per heavy atom. The van der Waals surface area contributed by atoms with Crippen LogP contribution in [-0.2, 0) is 4.79 Å². The molecule has 0 aromatic heterocycles. The first kappa shape index (κ1) is 11.4. The van der Waals surface area contributed by atoms with Crippen LogP contribution in [0.25, 0.3) is 0 Å². The Bertz CT molecular complexity index is 151. The number of hydrogen-bond donors (Lipinski definition) is 4. The number of Topliss-reactive ketones (excluding diaryl/α,β-unsaturated/α-hetero) is 1. The lowest BCUT2D eigenvalue weighted by Crippen LogP contribution is -2.42. The van der Waals surface area contributed by atoms with Crippen molar-refractivity contribution >= 4 is 5.78 Å². The number of alkyl halides is 1. The maximum atomic E-state index is 12.6. The van der Waals surface area contributed by atoms with E-state index in [1.54, 1.807) is 0 Å². The van der Waals surface area contributed by atoms with Gasteiger partial charge in [0.15, 0.2) is 12.0 Å². The predicted molar refractivity (Wildman–Crippen MR) is 36.1 cm³/mol. The highest BCUT2D eigenvalue weighted by Crippen LogP contribution is 2.05. The molecule has 0 aliphatic rings. The molecule has 72 valence electrons. The summed E-state index contributed by atoms with van der Waals surface area (Å²) in [5.41, 5.74) is 0. The SMILES string of the molecule is O=C(CO)[C@@H](O)[C@H](F)[C@H](O)CO. The van der Waals surface area contributed by atoms with Crippen LogP contribution in [0.15, 0.2) is 0 Å². The number of carbonyl (C=O) groups is 1. The van der Waals surface area contributed by atoms with E-state index >= 15 is 0 Å². The minimum Gasteiger partial charge on any atom is -0.394 e. The summed E-state index contributed by atoms with van der Waals surface area (Å²) in [6.45, 7) is -1.89. The van der Waals surface area contributed by atoms with Gasteiger partial charge >= 0.3 is 0 Å². The zero-order valence-corrected chi connectivity index (χ0v) is 6.22. The first-order valence-electron chi connectivity index (χ1n) is 3.29. The lowest BCUT2D eigenvalue weighted by Gasteiger charge is -2.17. The molecule has 0 bridgehead atoms. The molecule has 3 atom stereocenters. The molecule has 5 nitrogen and oxygen atoms in total. The molecule has 12 heavy (non-hydrogen) atoms. The molecule has 0 rings (SSSR count). The van der Waals surface area contributed by atoms with Crippen LogP contribution in [0.2, 0.25) is 0 Å². The van der Waals surface area contributed by atoms with E-state index in [-0.39, 0.29) is 0 Å². The lowest BCUT2D eigenvalue weighted by atomic mass is 10.1. The number of hydrogen-bond acceptors (Lipinski definition) is 5. The molecular formula is C6H11FO5. The van der Waals surface area contributed by atoms with Crippen molar-refractivity contribution < 1.29 is 29.6 Å². The maximum absolute atomic E-state index is 12.6. The quantitative estimate of drug-likeness (QED) is 0.380. The van der Waals surface area contributed by atoms with Crippen LogP contribution in [0.3, 0.4) is 0 Å². The highest BCUT2D eigenvalue weighted by Gasteiger charge is 2.30. The predicted octanol–water partition coefficient (Wildman–Crippen LogP) is -2.40. The van der Waals surface area contributed by atoms with E-state index in [1.165, 1.54) is 0 Å². The Balaban J connectivity index is 4.08. The van der Waals surface area contributed by atoms with Gasteiger partial charge in [0.1, 0.15) is 18.8 Å². The Kier molecular flexibility index (Phi) is 4.91. The summed E-state index contributed by atoms with van der Waals surface area (Å²) in [5, 5.41) is 33.8. The van der Waals surface area contributed by atoms with E-state index in [0.717, 1.165) is 0 Å². The highest BCUT2D eigenvalue weighted by molar-refractivity contribution is 5.84. The molecule has 0 unspecified atom stereocenters. The van der Waals surface area contributed by atoms with Crippen molar-refractivity contribution in [1.82, 2.24) is 0 Å². The summed E-state index contributed by atoms with van der Waals surface area (Å²) in [6, 6.07) is 0. The average Bonchev–Trinajstić information content (AvgIpc) is 2.12. The molecule has 6 heteroatoms. The zero-order chi connectivity index (χ0) is 9.72. The summed E-state index contributed by atoms with van der Waals surface area (Å²) in [6.07, 6.45) is -6.16. The van der Waals surface area contributed by atoms with Crippen molar-refractivity contribution in [2.24, 2.45) is 0 Å². The van der Waals surface area contributed by atoms with Gasteiger partial charge in [-0.1, -0.05) is 0 Å². The number of aliphatic hydroxyl groups is 4. The van der Waals surface area contributed by atoms with Crippen molar-refractivity contribution in [3.05, 3.63) is 0 Å². The van der Waals surface area contributed by atoms with Crippen LogP contribution in [0.4, 0.5) is 4.39 Å². The Morgan fingerprint density at radius 3 is 2.17 bits per heavy atom. The Labute approximate surface area is 68.1 Å². The second-order valence-corrected chi connectivity index (χ2v) is 2.26. The number of rotatable bonds is 5. The van der Waals surface area contributed by atoms with Gasteiger partial charge in [-0.05, 0) is 0 Å². The molecule has 0 amide bonds. The van der Waals surface area contributed by atoms with E-state index in [1.807, 2.05) is 0 Å². The third-order valence-corrected chi connectivity index (χ3v) is 1.34. The zero-order valence-electron chi connectivity index (χ0n) is 6.22. The van der Waals surface area contributed by atoms with Gasteiger partial charge in [-0.25, -0.2) is 4.39 Å². The molecule has 0 aliphatic carbocycles. The third-order valence-electron chi connectivity index (χ3n) is 1.34. The standard InChI is InChI=1S/C6H11FO5/c7-5(3(10)1-8)6(12)4(11)2-9/h3,5-6,8-10,12H,1-2H2/t3-,5-,6-/m1/s1. The highest BCUT2D eigenvalue weighted by atomic mass is 19.1. The summed E-state index contributed by atoms with van der Waals surface area (Å²) in [7, 11) is 0. The Hall–Kier alpha value is -0.560. The van der Waals surface area contributed by atoms with Crippen molar-refractivity contribution in [2.45, 2.75) is 18.4 Å². The number of ketones is 1. The Morgan fingerprint density at radius 2 is 1.83 bits per heavy atom. The normalized spacial score (nSPS) is 18.4.